The molecular weight excluding hydrogens is 525 g/mol. The fourth-order valence-corrected chi connectivity index (χ4v) is 4.33. The summed E-state index contributed by atoms with van der Waals surface area (Å²) < 4.78 is 42.5. The fourth-order valence-electron chi connectivity index (χ4n) is 4.21. The number of nitrogens with zero attached hydrogens (tertiary/aromatic N) is 2. The van der Waals surface area contributed by atoms with Crippen molar-refractivity contribution in [3.63, 3.8) is 0 Å². The maximum absolute atomic E-state index is 12.5. The van der Waals surface area contributed by atoms with Gasteiger partial charge in [-0.2, -0.15) is 13.2 Å². The van der Waals surface area contributed by atoms with E-state index in [1.807, 2.05) is 14.0 Å². The number of alkyl halides is 3. The zero-order valence-corrected chi connectivity index (χ0v) is 21.8. The van der Waals surface area contributed by atoms with Crippen molar-refractivity contribution in [3.05, 3.63) is 46.7 Å². The average Bonchev–Trinajstić information content (AvgIpc) is 3.27. The summed E-state index contributed by atoms with van der Waals surface area (Å²) in [4.78, 5) is 31.1. The summed E-state index contributed by atoms with van der Waals surface area (Å²) in [5, 5.41) is 12.7. The van der Waals surface area contributed by atoms with Gasteiger partial charge >= 0.3 is 6.18 Å². The predicted octanol–water partition coefficient (Wildman–Crippen LogP) is 4.39. The first kappa shape index (κ1) is 29.4. The van der Waals surface area contributed by atoms with Gasteiger partial charge < -0.3 is 25.0 Å². The molecule has 0 spiro atoms. The molecule has 1 aromatic carbocycles. The van der Waals surface area contributed by atoms with E-state index < -0.39 is 12.8 Å². The number of amides is 1. The van der Waals surface area contributed by atoms with Gasteiger partial charge in [-0.25, -0.2) is 4.98 Å². The topological polar surface area (TPSA) is 108 Å². The maximum atomic E-state index is 12.5. The van der Waals surface area contributed by atoms with Gasteiger partial charge in [0.25, 0.3) is 0 Å². The number of carbonyl (C=O) groups excluding carboxylic acids is 2. The van der Waals surface area contributed by atoms with E-state index in [4.69, 9.17) is 21.4 Å². The van der Waals surface area contributed by atoms with Crippen LogP contribution in [0.2, 0.25) is 5.02 Å². The van der Waals surface area contributed by atoms with Crippen LogP contribution in [0.3, 0.4) is 0 Å². The summed E-state index contributed by atoms with van der Waals surface area (Å²) in [6.07, 6.45) is -1.52. The summed E-state index contributed by atoms with van der Waals surface area (Å²) in [7, 11) is 1.94. The van der Waals surface area contributed by atoms with Crippen LogP contribution >= 0.6 is 11.6 Å². The van der Waals surface area contributed by atoms with Gasteiger partial charge in [-0.1, -0.05) is 30.7 Å². The van der Waals surface area contributed by atoms with Crippen LogP contribution < -0.4 is 10.1 Å². The number of aldehydes is 1. The normalized spacial score (nSPS) is 14.2. The third-order valence-electron chi connectivity index (χ3n) is 6.22. The number of H-pyrrole nitrogens is 1. The Morgan fingerprint density at radius 2 is 1.95 bits per heavy atom. The quantitative estimate of drug-likeness (QED) is 0.374. The average molecular weight is 555 g/mol. The number of pyridine rings is 1. The second kappa shape index (κ2) is 13.1. The molecule has 0 radical (unpaired) electrons. The number of rotatable bonds is 7. The van der Waals surface area contributed by atoms with Crippen LogP contribution in [-0.4, -0.2) is 77.7 Å². The summed E-state index contributed by atoms with van der Waals surface area (Å²) >= 11 is 5.91. The first-order chi connectivity index (χ1) is 18.1. The van der Waals surface area contributed by atoms with Gasteiger partial charge in [0.15, 0.2) is 18.6 Å². The third-order valence-corrected chi connectivity index (χ3v) is 6.48. The number of aromatic nitrogens is 2. The Morgan fingerprint density at radius 1 is 1.29 bits per heavy atom. The van der Waals surface area contributed by atoms with Crippen LogP contribution in [-0.2, 0) is 11.2 Å². The summed E-state index contributed by atoms with van der Waals surface area (Å²) in [6, 6.07) is 9.25. The zero-order valence-electron chi connectivity index (χ0n) is 21.1. The summed E-state index contributed by atoms with van der Waals surface area (Å²) in [6.45, 7) is 1.60. The van der Waals surface area contributed by atoms with E-state index in [2.05, 4.69) is 15.3 Å². The number of hydrogen-bond acceptors (Lipinski definition) is 6. The molecule has 3 heterocycles. The monoisotopic (exact) mass is 554 g/mol. The number of aliphatic hydroxyl groups is 1. The van der Waals surface area contributed by atoms with Crippen molar-refractivity contribution >= 4 is 34.8 Å². The molecule has 4 rings (SSSR count). The number of nitrogens with one attached hydrogen (secondary N) is 2. The minimum atomic E-state index is -4.51. The summed E-state index contributed by atoms with van der Waals surface area (Å²) in [5.41, 5.74) is 2.52. The van der Waals surface area contributed by atoms with Gasteiger partial charge in [-0.3, -0.25) is 9.59 Å². The molecular formula is C26H30ClF3N4O4. The van der Waals surface area contributed by atoms with Crippen LogP contribution in [0.1, 0.15) is 35.9 Å². The van der Waals surface area contributed by atoms with E-state index in [-0.39, 0.29) is 24.0 Å². The zero-order chi connectivity index (χ0) is 27.9. The highest BCUT2D eigenvalue weighted by Gasteiger charge is 2.30. The molecule has 0 saturated carbocycles. The van der Waals surface area contributed by atoms with Crippen molar-refractivity contribution in [2.24, 2.45) is 0 Å². The van der Waals surface area contributed by atoms with Gasteiger partial charge in [0.1, 0.15) is 17.9 Å². The number of likely N-dealkylation sites (tertiary alicyclic amines) is 1. The SMILES string of the molecule is CCc1nc2[nH]c(C=O)c(OCC(F)(F)F)c2cc1-c1ccc(Cl)cc1.CNC1CCN(C(=O)CO)CC1. The lowest BCUT2D eigenvalue weighted by Gasteiger charge is -2.31. The molecule has 0 aliphatic carbocycles. The number of aliphatic hydroxyl groups excluding tert-OH is 1. The molecule has 1 aliphatic rings. The lowest BCUT2D eigenvalue weighted by molar-refractivity contribution is -0.153. The van der Waals surface area contributed by atoms with E-state index in [1.165, 1.54) is 0 Å². The van der Waals surface area contributed by atoms with E-state index >= 15 is 0 Å². The van der Waals surface area contributed by atoms with Crippen LogP contribution in [0.4, 0.5) is 13.2 Å². The second-order valence-corrected chi connectivity index (χ2v) is 9.17. The second-order valence-electron chi connectivity index (χ2n) is 8.73. The molecule has 8 nitrogen and oxygen atoms in total. The maximum Gasteiger partial charge on any atom is 0.422 e. The molecule has 12 heteroatoms. The lowest BCUT2D eigenvalue weighted by atomic mass is 10.0. The van der Waals surface area contributed by atoms with Crippen molar-refractivity contribution in [3.8, 4) is 16.9 Å². The predicted molar refractivity (Wildman–Crippen MR) is 139 cm³/mol. The van der Waals surface area contributed by atoms with Crippen molar-refractivity contribution in [2.75, 3.05) is 33.4 Å². The van der Waals surface area contributed by atoms with E-state index in [0.29, 0.717) is 34.8 Å². The molecule has 1 fully saturated rings. The standard InChI is InChI=1S/C18H14ClF3N2O2.C8H16N2O2/c1-2-14-12(10-3-5-11(19)6-4-10)7-13-16(26-9-18(20,21)22)15(8-25)24-17(13)23-14;1-9-7-2-4-10(5-3-7)8(12)6-11/h3-8H,2,9H2,1H3,(H,23,24);7,9,11H,2-6H2,1H3. The van der Waals surface area contributed by atoms with Gasteiger partial charge in [0.05, 0.1) is 11.1 Å². The molecule has 1 amide bonds. The number of carbonyl (C=O) groups is 2. The Balaban J connectivity index is 0.000000279. The summed E-state index contributed by atoms with van der Waals surface area (Å²) in [5.74, 6) is -0.303. The van der Waals surface area contributed by atoms with Crippen molar-refractivity contribution in [2.45, 2.75) is 38.4 Å². The molecule has 1 aliphatic heterocycles. The molecule has 3 aromatic rings. The van der Waals surface area contributed by atoms with Gasteiger partial charge in [0.2, 0.25) is 5.91 Å². The lowest BCUT2D eigenvalue weighted by Crippen LogP contribution is -2.44. The largest absolute Gasteiger partial charge is 0.481 e. The number of benzene rings is 1. The molecule has 3 N–H and O–H groups in total. The molecule has 2 aromatic heterocycles. The van der Waals surface area contributed by atoms with Crippen LogP contribution in [0.15, 0.2) is 30.3 Å². The molecule has 1 saturated heterocycles. The van der Waals surface area contributed by atoms with Crippen LogP contribution in [0, 0.1) is 0 Å². The Kier molecular flexibility index (Phi) is 10.1. The molecule has 0 unspecified atom stereocenters. The number of ether oxygens (including phenoxy) is 1. The number of halogens is 4. The van der Waals surface area contributed by atoms with Gasteiger partial charge in [0, 0.05) is 29.7 Å². The minimum Gasteiger partial charge on any atom is -0.481 e. The minimum absolute atomic E-state index is 0.0768. The number of piperidine rings is 1. The third kappa shape index (κ3) is 7.46. The molecule has 206 valence electrons. The van der Waals surface area contributed by atoms with Gasteiger partial charge in [-0.15, -0.1) is 0 Å². The van der Waals surface area contributed by atoms with E-state index in [9.17, 15) is 22.8 Å². The Labute approximate surface area is 223 Å². The highest BCUT2D eigenvalue weighted by atomic mass is 35.5. The first-order valence-electron chi connectivity index (χ1n) is 12.1. The van der Waals surface area contributed by atoms with Crippen LogP contribution in [0.25, 0.3) is 22.2 Å². The van der Waals surface area contributed by atoms with Crippen molar-refractivity contribution in [1.29, 1.82) is 0 Å². The highest BCUT2D eigenvalue weighted by molar-refractivity contribution is 6.30. The molecule has 0 atom stereocenters. The first-order valence-corrected chi connectivity index (χ1v) is 12.5. The number of aromatic amines is 1. The molecule has 38 heavy (non-hydrogen) atoms. The van der Waals surface area contributed by atoms with Crippen molar-refractivity contribution < 1.29 is 32.6 Å². The number of aryl methyl sites for hydroxylation is 1. The van der Waals surface area contributed by atoms with E-state index in [1.54, 1.807) is 35.2 Å². The Bertz CT molecular complexity index is 1240. The Morgan fingerprint density at radius 3 is 2.47 bits per heavy atom. The fraction of sp³-hybridized carbons (Fsp3) is 0.423. The number of fused-ring (bicyclic) bond motifs is 1. The van der Waals surface area contributed by atoms with E-state index in [0.717, 1.165) is 42.8 Å². The van der Waals surface area contributed by atoms with Crippen molar-refractivity contribution in [1.82, 2.24) is 20.2 Å². The molecule has 0 bridgehead atoms. The van der Waals surface area contributed by atoms with Crippen LogP contribution in [0.5, 0.6) is 5.75 Å². The van der Waals surface area contributed by atoms with Gasteiger partial charge in [-0.05, 0) is 50.1 Å². The smallest absolute Gasteiger partial charge is 0.422 e. The highest BCUT2D eigenvalue weighted by Crippen LogP contribution is 2.35. The Hall–Kier alpha value is -3.15. The number of hydrogen-bond donors (Lipinski definition) is 3.